The molecular weight excluding hydrogens is 292 g/mol. The van der Waals surface area contributed by atoms with Crippen LogP contribution in [0.15, 0.2) is 24.3 Å². The highest BCUT2D eigenvalue weighted by atomic mass is 35.5. The van der Waals surface area contributed by atoms with Crippen LogP contribution in [0.3, 0.4) is 0 Å². The standard InChI is InChI=1S/C14H19ClN4O2/c15-11-3-1-10(2-4-11)7-18-13(20)9-19-6-5-17-8-12(19)14(16)21/h1-4,12,17H,5-9H2,(H2,16,21)(H,18,20). The number of benzene rings is 1. The lowest BCUT2D eigenvalue weighted by Gasteiger charge is -2.33. The van der Waals surface area contributed by atoms with Gasteiger partial charge in [-0.2, -0.15) is 0 Å². The Morgan fingerprint density at radius 3 is 2.76 bits per heavy atom. The first kappa shape index (κ1) is 15.8. The number of halogens is 1. The van der Waals surface area contributed by atoms with Crippen molar-refractivity contribution >= 4 is 23.4 Å². The van der Waals surface area contributed by atoms with Crippen molar-refractivity contribution in [2.24, 2.45) is 5.73 Å². The van der Waals surface area contributed by atoms with Gasteiger partial charge >= 0.3 is 0 Å². The maximum absolute atomic E-state index is 12.0. The Balaban J connectivity index is 1.83. The number of nitrogens with one attached hydrogen (secondary N) is 2. The van der Waals surface area contributed by atoms with Crippen LogP contribution in [0.2, 0.25) is 5.02 Å². The Bertz CT molecular complexity index is 506. The van der Waals surface area contributed by atoms with Crippen LogP contribution in [0, 0.1) is 0 Å². The Morgan fingerprint density at radius 2 is 2.10 bits per heavy atom. The van der Waals surface area contributed by atoms with Crippen molar-refractivity contribution in [3.63, 3.8) is 0 Å². The minimum atomic E-state index is -0.431. The molecule has 2 rings (SSSR count). The monoisotopic (exact) mass is 310 g/mol. The fraction of sp³-hybridized carbons (Fsp3) is 0.429. The number of hydrogen-bond donors (Lipinski definition) is 3. The molecule has 1 aliphatic heterocycles. The van der Waals surface area contributed by atoms with E-state index >= 15 is 0 Å². The summed E-state index contributed by atoms with van der Waals surface area (Å²) < 4.78 is 0. The van der Waals surface area contributed by atoms with E-state index < -0.39 is 11.9 Å². The van der Waals surface area contributed by atoms with Gasteiger partial charge in [-0.15, -0.1) is 0 Å². The van der Waals surface area contributed by atoms with Gasteiger partial charge in [0, 0.05) is 31.2 Å². The highest BCUT2D eigenvalue weighted by Gasteiger charge is 2.27. The van der Waals surface area contributed by atoms with Crippen LogP contribution in [0.1, 0.15) is 5.56 Å². The Labute approximate surface area is 128 Å². The summed E-state index contributed by atoms with van der Waals surface area (Å²) in [6, 6.07) is 6.85. The molecule has 7 heteroatoms. The molecule has 0 spiro atoms. The smallest absolute Gasteiger partial charge is 0.236 e. The van der Waals surface area contributed by atoms with E-state index in [4.69, 9.17) is 17.3 Å². The van der Waals surface area contributed by atoms with Crippen molar-refractivity contribution in [2.75, 3.05) is 26.2 Å². The molecule has 0 aliphatic carbocycles. The third-order valence-electron chi connectivity index (χ3n) is 3.43. The average molecular weight is 311 g/mol. The second-order valence-electron chi connectivity index (χ2n) is 5.00. The van der Waals surface area contributed by atoms with Crippen LogP contribution in [-0.4, -0.2) is 48.9 Å². The summed E-state index contributed by atoms with van der Waals surface area (Å²) in [4.78, 5) is 25.1. The van der Waals surface area contributed by atoms with Crippen LogP contribution in [0.4, 0.5) is 0 Å². The largest absolute Gasteiger partial charge is 0.368 e. The van der Waals surface area contributed by atoms with E-state index in [1.54, 1.807) is 17.0 Å². The lowest BCUT2D eigenvalue weighted by Crippen LogP contribution is -2.58. The number of nitrogens with zero attached hydrogens (tertiary/aromatic N) is 1. The fourth-order valence-electron chi connectivity index (χ4n) is 2.26. The lowest BCUT2D eigenvalue weighted by molar-refractivity contribution is -0.127. The fourth-order valence-corrected chi connectivity index (χ4v) is 2.39. The van der Waals surface area contributed by atoms with E-state index in [-0.39, 0.29) is 12.5 Å². The van der Waals surface area contributed by atoms with Crippen LogP contribution >= 0.6 is 11.6 Å². The molecule has 1 saturated heterocycles. The minimum absolute atomic E-state index is 0.127. The van der Waals surface area contributed by atoms with Crippen LogP contribution in [-0.2, 0) is 16.1 Å². The second-order valence-corrected chi connectivity index (χ2v) is 5.43. The molecule has 1 aromatic rings. The highest BCUT2D eigenvalue weighted by molar-refractivity contribution is 6.30. The van der Waals surface area contributed by atoms with E-state index in [0.29, 0.717) is 24.7 Å². The second kappa shape index (κ2) is 7.40. The number of hydrogen-bond acceptors (Lipinski definition) is 4. The third-order valence-corrected chi connectivity index (χ3v) is 3.68. The number of carbonyl (C=O) groups is 2. The van der Waals surface area contributed by atoms with E-state index in [9.17, 15) is 9.59 Å². The van der Waals surface area contributed by atoms with Gasteiger partial charge in [-0.25, -0.2) is 0 Å². The molecule has 6 nitrogen and oxygen atoms in total. The lowest BCUT2D eigenvalue weighted by atomic mass is 10.2. The molecule has 1 unspecified atom stereocenters. The molecule has 1 aliphatic rings. The number of amides is 2. The Hall–Kier alpha value is -1.63. The predicted octanol–water partition coefficient (Wildman–Crippen LogP) is -0.285. The van der Waals surface area contributed by atoms with Crippen molar-refractivity contribution in [2.45, 2.75) is 12.6 Å². The SMILES string of the molecule is NC(=O)C1CNCCN1CC(=O)NCc1ccc(Cl)cc1. The summed E-state index contributed by atoms with van der Waals surface area (Å²) in [6.07, 6.45) is 0. The summed E-state index contributed by atoms with van der Waals surface area (Å²) >= 11 is 5.81. The van der Waals surface area contributed by atoms with Gasteiger partial charge in [0.1, 0.15) is 6.04 Å². The van der Waals surface area contributed by atoms with Gasteiger partial charge < -0.3 is 16.4 Å². The molecule has 2 amide bonds. The van der Waals surface area contributed by atoms with Gasteiger partial charge in [0.15, 0.2) is 0 Å². The van der Waals surface area contributed by atoms with Crippen molar-refractivity contribution in [1.82, 2.24) is 15.5 Å². The Morgan fingerprint density at radius 1 is 1.38 bits per heavy atom. The van der Waals surface area contributed by atoms with E-state index in [2.05, 4.69) is 10.6 Å². The molecule has 21 heavy (non-hydrogen) atoms. The summed E-state index contributed by atoms with van der Waals surface area (Å²) in [5.41, 5.74) is 6.32. The van der Waals surface area contributed by atoms with Gasteiger partial charge in [-0.05, 0) is 17.7 Å². The molecular formula is C14H19ClN4O2. The molecule has 1 heterocycles. The van der Waals surface area contributed by atoms with Gasteiger partial charge in [-0.3, -0.25) is 14.5 Å². The first-order chi connectivity index (χ1) is 10.1. The zero-order valence-electron chi connectivity index (χ0n) is 11.6. The summed E-state index contributed by atoms with van der Waals surface area (Å²) in [7, 11) is 0. The number of rotatable bonds is 5. The first-order valence-corrected chi connectivity index (χ1v) is 7.19. The number of piperazine rings is 1. The zero-order chi connectivity index (χ0) is 15.2. The van der Waals surface area contributed by atoms with Gasteiger partial charge in [0.2, 0.25) is 11.8 Å². The topological polar surface area (TPSA) is 87.5 Å². The number of carbonyl (C=O) groups excluding carboxylic acids is 2. The number of nitrogens with two attached hydrogens (primary N) is 1. The van der Waals surface area contributed by atoms with Gasteiger partial charge in [0.05, 0.1) is 6.54 Å². The summed E-state index contributed by atoms with van der Waals surface area (Å²) in [5, 5.41) is 6.59. The molecule has 1 fully saturated rings. The summed E-state index contributed by atoms with van der Waals surface area (Å²) in [5.74, 6) is -0.536. The predicted molar refractivity (Wildman–Crippen MR) is 80.7 cm³/mol. The molecule has 0 aromatic heterocycles. The van der Waals surface area contributed by atoms with Crippen LogP contribution in [0.5, 0.6) is 0 Å². The first-order valence-electron chi connectivity index (χ1n) is 6.81. The average Bonchev–Trinajstić information content (AvgIpc) is 2.47. The molecule has 4 N–H and O–H groups in total. The zero-order valence-corrected chi connectivity index (χ0v) is 12.4. The van der Waals surface area contributed by atoms with Crippen LogP contribution < -0.4 is 16.4 Å². The molecule has 0 saturated carbocycles. The maximum atomic E-state index is 12.0. The van der Waals surface area contributed by atoms with Crippen molar-refractivity contribution in [3.8, 4) is 0 Å². The molecule has 114 valence electrons. The maximum Gasteiger partial charge on any atom is 0.236 e. The minimum Gasteiger partial charge on any atom is -0.368 e. The normalized spacial score (nSPS) is 19.2. The van der Waals surface area contributed by atoms with E-state index in [1.165, 1.54) is 0 Å². The number of primary amides is 1. The third kappa shape index (κ3) is 4.70. The van der Waals surface area contributed by atoms with Gasteiger partial charge in [0.25, 0.3) is 0 Å². The molecule has 0 radical (unpaired) electrons. The van der Waals surface area contributed by atoms with Crippen molar-refractivity contribution in [1.29, 1.82) is 0 Å². The Kier molecular flexibility index (Phi) is 5.55. The quantitative estimate of drug-likeness (QED) is 0.698. The van der Waals surface area contributed by atoms with Crippen molar-refractivity contribution in [3.05, 3.63) is 34.9 Å². The molecule has 1 aromatic carbocycles. The highest BCUT2D eigenvalue weighted by Crippen LogP contribution is 2.09. The van der Waals surface area contributed by atoms with Crippen molar-refractivity contribution < 1.29 is 9.59 Å². The molecule has 1 atom stereocenters. The summed E-state index contributed by atoms with van der Waals surface area (Å²) in [6.45, 7) is 2.46. The molecule has 0 bridgehead atoms. The van der Waals surface area contributed by atoms with E-state index in [0.717, 1.165) is 12.1 Å². The van der Waals surface area contributed by atoms with E-state index in [1.807, 2.05) is 12.1 Å². The van der Waals surface area contributed by atoms with Crippen LogP contribution in [0.25, 0.3) is 0 Å². The van der Waals surface area contributed by atoms with Gasteiger partial charge in [-0.1, -0.05) is 23.7 Å².